The van der Waals surface area contributed by atoms with Crippen LogP contribution in [0.15, 0.2) is 16.3 Å². The molecular formula is C10H9ClF3NO4S2. The first-order valence-electron chi connectivity index (χ1n) is 5.56. The molecule has 0 aromatic carbocycles. The minimum atomic E-state index is -5.03. The molecule has 2 rings (SSSR count). The lowest BCUT2D eigenvalue weighted by molar-refractivity contribution is -0.226. The number of carboxylic acids is 1. The number of sulfonamides is 1. The van der Waals surface area contributed by atoms with Crippen LogP contribution in [0.1, 0.15) is 6.42 Å². The summed E-state index contributed by atoms with van der Waals surface area (Å²) in [5.41, 5.74) is -3.07. The van der Waals surface area contributed by atoms with E-state index >= 15 is 0 Å². The molecule has 11 heteroatoms. The summed E-state index contributed by atoms with van der Waals surface area (Å²) in [6.45, 7) is -1.65. The van der Waals surface area contributed by atoms with Crippen molar-refractivity contribution in [1.82, 2.24) is 4.31 Å². The van der Waals surface area contributed by atoms with Crippen molar-refractivity contribution >= 4 is 38.9 Å². The molecule has 1 N–H and O–H groups in total. The van der Waals surface area contributed by atoms with E-state index in [1.54, 1.807) is 0 Å². The summed E-state index contributed by atoms with van der Waals surface area (Å²) in [6, 6.07) is 2.49. The molecule has 0 bridgehead atoms. The zero-order valence-corrected chi connectivity index (χ0v) is 12.6. The Hall–Kier alpha value is -0.840. The van der Waals surface area contributed by atoms with Crippen LogP contribution in [-0.2, 0) is 14.8 Å². The molecule has 1 aliphatic heterocycles. The largest absolute Gasteiger partial charge is 0.481 e. The lowest BCUT2D eigenvalue weighted by Crippen LogP contribution is -2.47. The van der Waals surface area contributed by atoms with E-state index in [0.29, 0.717) is 15.6 Å². The summed E-state index contributed by atoms with van der Waals surface area (Å²) >= 11 is 6.32. The zero-order valence-electron chi connectivity index (χ0n) is 10.2. The molecule has 1 aliphatic rings. The number of hydrogen-bond acceptors (Lipinski definition) is 4. The maximum absolute atomic E-state index is 13.0. The number of carbonyl (C=O) groups is 1. The Morgan fingerprint density at radius 3 is 2.43 bits per heavy atom. The third kappa shape index (κ3) is 2.65. The fourth-order valence-electron chi connectivity index (χ4n) is 2.07. The summed E-state index contributed by atoms with van der Waals surface area (Å²) in [6.07, 6.45) is -5.85. The predicted octanol–water partition coefficient (Wildman–Crippen LogP) is 2.43. The fraction of sp³-hybridized carbons (Fsp3) is 0.500. The summed E-state index contributed by atoms with van der Waals surface area (Å²) in [4.78, 5) is 11.0. The van der Waals surface area contributed by atoms with Gasteiger partial charge in [-0.05, 0) is 18.6 Å². The van der Waals surface area contributed by atoms with Crippen molar-refractivity contribution in [3.63, 3.8) is 0 Å². The van der Waals surface area contributed by atoms with Crippen molar-refractivity contribution in [2.45, 2.75) is 16.8 Å². The van der Waals surface area contributed by atoms with E-state index in [9.17, 15) is 26.4 Å². The molecule has 0 amide bonds. The maximum atomic E-state index is 13.0. The minimum Gasteiger partial charge on any atom is -0.481 e. The second kappa shape index (κ2) is 5.11. The first kappa shape index (κ1) is 16.5. The second-order valence-electron chi connectivity index (χ2n) is 4.53. The van der Waals surface area contributed by atoms with Gasteiger partial charge in [-0.1, -0.05) is 11.6 Å². The Bertz CT molecular complexity index is 672. The number of aliphatic carboxylic acids is 1. The van der Waals surface area contributed by atoms with Gasteiger partial charge in [-0.25, -0.2) is 8.42 Å². The fourth-order valence-corrected chi connectivity index (χ4v) is 5.21. The number of carboxylic acid groups (broad SMARTS) is 1. The van der Waals surface area contributed by atoms with Gasteiger partial charge in [0.05, 0.1) is 4.34 Å². The molecule has 0 spiro atoms. The van der Waals surface area contributed by atoms with E-state index in [4.69, 9.17) is 16.7 Å². The third-order valence-electron chi connectivity index (χ3n) is 3.33. The van der Waals surface area contributed by atoms with Crippen molar-refractivity contribution in [2.24, 2.45) is 5.41 Å². The molecule has 21 heavy (non-hydrogen) atoms. The van der Waals surface area contributed by atoms with Crippen molar-refractivity contribution < 1.29 is 31.5 Å². The SMILES string of the molecule is O=C(O)C1(C(F)(F)F)CCN(S(=O)(=O)c2ccc(Cl)s2)C1. The van der Waals surface area contributed by atoms with Gasteiger partial charge in [-0.15, -0.1) is 11.3 Å². The van der Waals surface area contributed by atoms with Crippen LogP contribution in [0.4, 0.5) is 13.2 Å². The predicted molar refractivity (Wildman–Crippen MR) is 68.8 cm³/mol. The van der Waals surface area contributed by atoms with Gasteiger partial charge in [-0.3, -0.25) is 4.79 Å². The molecule has 0 saturated carbocycles. The molecular weight excluding hydrogens is 355 g/mol. The van der Waals surface area contributed by atoms with Gasteiger partial charge in [0.2, 0.25) is 0 Å². The monoisotopic (exact) mass is 363 g/mol. The van der Waals surface area contributed by atoms with Crippen LogP contribution >= 0.6 is 22.9 Å². The van der Waals surface area contributed by atoms with Crippen molar-refractivity contribution in [3.05, 3.63) is 16.5 Å². The highest BCUT2D eigenvalue weighted by molar-refractivity contribution is 7.91. The van der Waals surface area contributed by atoms with Gasteiger partial charge in [0.1, 0.15) is 4.21 Å². The summed E-state index contributed by atoms with van der Waals surface area (Å²) in [7, 11) is -4.18. The van der Waals surface area contributed by atoms with Gasteiger partial charge in [0.15, 0.2) is 5.41 Å². The third-order valence-corrected chi connectivity index (χ3v) is 6.87. The molecule has 118 valence electrons. The van der Waals surface area contributed by atoms with Crippen LogP contribution in [0.3, 0.4) is 0 Å². The number of hydrogen-bond donors (Lipinski definition) is 1. The standard InChI is InChI=1S/C10H9ClF3NO4S2/c11-6-1-2-7(20-6)21(18,19)15-4-3-9(5-15,8(16)17)10(12,13)14/h1-2H,3-5H2,(H,16,17). The van der Waals surface area contributed by atoms with E-state index in [1.807, 2.05) is 0 Å². The summed E-state index contributed by atoms with van der Waals surface area (Å²) < 4.78 is 63.9. The zero-order chi connectivity index (χ0) is 16.1. The highest BCUT2D eigenvalue weighted by Crippen LogP contribution is 2.47. The Morgan fingerprint density at radius 1 is 1.43 bits per heavy atom. The molecule has 1 atom stereocenters. The molecule has 0 aliphatic carbocycles. The van der Waals surface area contributed by atoms with E-state index < -0.39 is 47.1 Å². The van der Waals surface area contributed by atoms with Crippen molar-refractivity contribution in [1.29, 1.82) is 0 Å². The molecule has 2 heterocycles. The maximum Gasteiger partial charge on any atom is 0.406 e. The Balaban J connectivity index is 2.36. The van der Waals surface area contributed by atoms with Gasteiger partial charge < -0.3 is 5.11 Å². The Morgan fingerprint density at radius 2 is 2.05 bits per heavy atom. The normalized spacial score (nSPS) is 24.4. The van der Waals surface area contributed by atoms with Crippen molar-refractivity contribution in [3.8, 4) is 0 Å². The lowest BCUT2D eigenvalue weighted by atomic mass is 9.86. The average molecular weight is 364 g/mol. The van der Waals surface area contributed by atoms with E-state index in [0.717, 1.165) is 0 Å². The van der Waals surface area contributed by atoms with Crippen LogP contribution < -0.4 is 0 Å². The molecule has 1 unspecified atom stereocenters. The first-order valence-corrected chi connectivity index (χ1v) is 8.20. The highest BCUT2D eigenvalue weighted by atomic mass is 35.5. The first-order chi connectivity index (χ1) is 9.50. The number of halogens is 4. The second-order valence-corrected chi connectivity index (χ2v) is 8.41. The van der Waals surface area contributed by atoms with Crippen molar-refractivity contribution in [2.75, 3.05) is 13.1 Å². The van der Waals surface area contributed by atoms with Gasteiger partial charge in [0, 0.05) is 13.1 Å². The smallest absolute Gasteiger partial charge is 0.406 e. The van der Waals surface area contributed by atoms with Crippen LogP contribution in [0.5, 0.6) is 0 Å². The Kier molecular flexibility index (Phi) is 4.02. The highest BCUT2D eigenvalue weighted by Gasteiger charge is 2.65. The molecule has 1 saturated heterocycles. The summed E-state index contributed by atoms with van der Waals surface area (Å²) in [5.74, 6) is -2.07. The topological polar surface area (TPSA) is 74.7 Å². The van der Waals surface area contributed by atoms with Gasteiger partial charge in [0.25, 0.3) is 10.0 Å². The Labute approximate surface area is 127 Å². The molecule has 1 aromatic heterocycles. The van der Waals surface area contributed by atoms with E-state index in [1.165, 1.54) is 12.1 Å². The van der Waals surface area contributed by atoms with E-state index in [2.05, 4.69) is 0 Å². The lowest BCUT2D eigenvalue weighted by Gasteiger charge is -2.26. The van der Waals surface area contributed by atoms with Crippen LogP contribution in [0.25, 0.3) is 0 Å². The molecule has 5 nitrogen and oxygen atoms in total. The number of rotatable bonds is 3. The molecule has 1 fully saturated rings. The summed E-state index contributed by atoms with van der Waals surface area (Å²) in [5, 5.41) is 8.90. The number of thiophene rings is 1. The van der Waals surface area contributed by atoms with Gasteiger partial charge >= 0.3 is 12.1 Å². The molecule has 0 radical (unpaired) electrons. The van der Waals surface area contributed by atoms with Crippen LogP contribution in [-0.4, -0.2) is 43.1 Å². The average Bonchev–Trinajstić information content (AvgIpc) is 2.94. The molecule has 1 aromatic rings. The van der Waals surface area contributed by atoms with Crippen LogP contribution in [0.2, 0.25) is 4.34 Å². The quantitative estimate of drug-likeness (QED) is 0.895. The van der Waals surface area contributed by atoms with Gasteiger partial charge in [-0.2, -0.15) is 17.5 Å². The van der Waals surface area contributed by atoms with Crippen LogP contribution in [0, 0.1) is 5.41 Å². The minimum absolute atomic E-state index is 0.174. The number of nitrogens with zero attached hydrogens (tertiary/aromatic N) is 1. The van der Waals surface area contributed by atoms with E-state index in [-0.39, 0.29) is 8.55 Å². The number of alkyl halides is 3.